The van der Waals surface area contributed by atoms with Gasteiger partial charge in [-0.1, -0.05) is 67.3 Å². The molecule has 0 saturated heterocycles. The van der Waals surface area contributed by atoms with Crippen molar-refractivity contribution in [2.75, 3.05) is 0 Å². The van der Waals surface area contributed by atoms with Gasteiger partial charge in [-0.3, -0.25) is 0 Å². The molecule has 0 bridgehead atoms. The summed E-state index contributed by atoms with van der Waals surface area (Å²) in [4.78, 5) is 0. The average Bonchev–Trinajstić information content (AvgIpc) is 2.61. The summed E-state index contributed by atoms with van der Waals surface area (Å²) in [6, 6.07) is 26.1. The summed E-state index contributed by atoms with van der Waals surface area (Å²) < 4.78 is 0. The van der Waals surface area contributed by atoms with Crippen LogP contribution in [0.15, 0.2) is 95.7 Å². The highest BCUT2D eigenvalue weighted by atomic mass is 15.1. The van der Waals surface area contributed by atoms with Crippen molar-refractivity contribution < 1.29 is 0 Å². The molecule has 0 atom stereocenters. The summed E-state index contributed by atoms with van der Waals surface area (Å²) in [7, 11) is 0. The van der Waals surface area contributed by atoms with Gasteiger partial charge in [0.15, 0.2) is 0 Å². The Kier molecular flexibility index (Phi) is 4.21. The minimum absolute atomic E-state index is 0.843. The SMILES string of the molecule is C=Cc1ccc(-c2ccc(N=Nc3ccccc3)cc2)cc1. The number of hydrogen-bond acceptors (Lipinski definition) is 2. The van der Waals surface area contributed by atoms with E-state index in [0.29, 0.717) is 0 Å². The van der Waals surface area contributed by atoms with Crippen LogP contribution in [0.2, 0.25) is 0 Å². The third-order valence-electron chi connectivity index (χ3n) is 3.38. The maximum Gasteiger partial charge on any atom is 0.0857 e. The van der Waals surface area contributed by atoms with Gasteiger partial charge in [-0.25, -0.2) is 0 Å². The molecule has 2 heteroatoms. The second-order valence-corrected chi connectivity index (χ2v) is 4.91. The first-order valence-electron chi connectivity index (χ1n) is 7.15. The minimum atomic E-state index is 0.843. The maximum absolute atomic E-state index is 4.25. The van der Waals surface area contributed by atoms with Gasteiger partial charge in [-0.15, -0.1) is 0 Å². The van der Waals surface area contributed by atoms with Crippen molar-refractivity contribution in [2.45, 2.75) is 0 Å². The minimum Gasteiger partial charge on any atom is -0.151 e. The van der Waals surface area contributed by atoms with Crippen LogP contribution in [-0.2, 0) is 0 Å². The van der Waals surface area contributed by atoms with Gasteiger partial charge in [0, 0.05) is 0 Å². The molecule has 106 valence electrons. The largest absolute Gasteiger partial charge is 0.151 e. The zero-order valence-electron chi connectivity index (χ0n) is 12.2. The fraction of sp³-hybridized carbons (Fsp3) is 0. The Morgan fingerprint density at radius 1 is 0.591 bits per heavy atom. The van der Waals surface area contributed by atoms with Gasteiger partial charge in [0.05, 0.1) is 11.4 Å². The first kappa shape index (κ1) is 14.0. The Balaban J connectivity index is 1.77. The lowest BCUT2D eigenvalue weighted by Gasteiger charge is -2.02. The van der Waals surface area contributed by atoms with Crippen LogP contribution in [0.1, 0.15) is 5.56 Å². The normalized spacial score (nSPS) is 10.7. The molecule has 3 rings (SSSR count). The molecule has 0 aliphatic carbocycles. The van der Waals surface area contributed by atoms with E-state index in [1.165, 1.54) is 5.56 Å². The highest BCUT2D eigenvalue weighted by Crippen LogP contribution is 2.24. The number of benzene rings is 3. The van der Waals surface area contributed by atoms with Crippen LogP contribution in [-0.4, -0.2) is 0 Å². The van der Waals surface area contributed by atoms with E-state index >= 15 is 0 Å². The first-order valence-corrected chi connectivity index (χ1v) is 7.15. The fourth-order valence-electron chi connectivity index (χ4n) is 2.14. The van der Waals surface area contributed by atoms with Crippen molar-refractivity contribution in [2.24, 2.45) is 10.2 Å². The first-order chi connectivity index (χ1) is 10.8. The zero-order chi connectivity index (χ0) is 15.2. The predicted octanol–water partition coefficient (Wildman–Crippen LogP) is 6.41. The molecule has 3 aromatic carbocycles. The summed E-state index contributed by atoms with van der Waals surface area (Å²) >= 11 is 0. The standard InChI is InChI=1S/C20H16N2/c1-2-16-8-10-17(11-9-16)18-12-14-20(15-13-18)22-21-19-6-4-3-5-7-19/h2-15H,1H2. The Morgan fingerprint density at radius 2 is 1.09 bits per heavy atom. The van der Waals surface area contributed by atoms with E-state index in [0.717, 1.165) is 22.5 Å². The fourth-order valence-corrected chi connectivity index (χ4v) is 2.14. The molecule has 2 nitrogen and oxygen atoms in total. The molecule has 0 N–H and O–H groups in total. The highest BCUT2D eigenvalue weighted by molar-refractivity contribution is 5.67. The van der Waals surface area contributed by atoms with Crippen LogP contribution in [0, 0.1) is 0 Å². The van der Waals surface area contributed by atoms with E-state index < -0.39 is 0 Å². The molecule has 0 saturated carbocycles. The van der Waals surface area contributed by atoms with Crippen molar-refractivity contribution in [3.05, 3.63) is 91.0 Å². The van der Waals surface area contributed by atoms with Gasteiger partial charge in [-0.05, 0) is 41.0 Å². The monoisotopic (exact) mass is 284 g/mol. The lowest BCUT2D eigenvalue weighted by Crippen LogP contribution is -1.77. The van der Waals surface area contributed by atoms with E-state index in [9.17, 15) is 0 Å². The molecule has 0 spiro atoms. The summed E-state index contributed by atoms with van der Waals surface area (Å²) in [5.41, 5.74) is 5.16. The van der Waals surface area contributed by atoms with Gasteiger partial charge in [0.1, 0.15) is 0 Å². The lowest BCUT2D eigenvalue weighted by molar-refractivity contribution is 1.23. The number of nitrogens with zero attached hydrogens (tertiary/aromatic N) is 2. The zero-order valence-corrected chi connectivity index (χ0v) is 12.2. The van der Waals surface area contributed by atoms with E-state index in [4.69, 9.17) is 0 Å². The number of hydrogen-bond donors (Lipinski definition) is 0. The second kappa shape index (κ2) is 6.64. The van der Waals surface area contributed by atoms with Crippen molar-refractivity contribution in [1.82, 2.24) is 0 Å². The molecule has 0 radical (unpaired) electrons. The number of rotatable bonds is 4. The Morgan fingerprint density at radius 3 is 1.64 bits per heavy atom. The Labute approximate surface area is 130 Å². The Hall–Kier alpha value is -3.00. The summed E-state index contributed by atoms with van der Waals surface area (Å²) in [6.45, 7) is 3.77. The van der Waals surface area contributed by atoms with Crippen LogP contribution < -0.4 is 0 Å². The lowest BCUT2D eigenvalue weighted by atomic mass is 10.0. The summed E-state index contributed by atoms with van der Waals surface area (Å²) in [5, 5.41) is 8.47. The topological polar surface area (TPSA) is 24.7 Å². The van der Waals surface area contributed by atoms with Crippen molar-refractivity contribution in [3.8, 4) is 11.1 Å². The highest BCUT2D eigenvalue weighted by Gasteiger charge is 1.98. The van der Waals surface area contributed by atoms with E-state index in [1.807, 2.05) is 48.5 Å². The third-order valence-corrected chi connectivity index (χ3v) is 3.38. The molecule has 0 fully saturated rings. The smallest absolute Gasteiger partial charge is 0.0857 e. The Bertz CT molecular complexity index is 770. The molecule has 0 heterocycles. The van der Waals surface area contributed by atoms with Crippen molar-refractivity contribution in [1.29, 1.82) is 0 Å². The molecular formula is C20H16N2. The van der Waals surface area contributed by atoms with Gasteiger partial charge in [0.25, 0.3) is 0 Å². The van der Waals surface area contributed by atoms with Crippen LogP contribution in [0.25, 0.3) is 17.2 Å². The predicted molar refractivity (Wildman–Crippen MR) is 92.6 cm³/mol. The van der Waals surface area contributed by atoms with Crippen LogP contribution in [0.3, 0.4) is 0 Å². The molecule has 0 amide bonds. The molecule has 0 aromatic heterocycles. The average molecular weight is 284 g/mol. The molecule has 0 aliphatic rings. The van der Waals surface area contributed by atoms with Crippen LogP contribution in [0.4, 0.5) is 11.4 Å². The van der Waals surface area contributed by atoms with Crippen LogP contribution >= 0.6 is 0 Å². The van der Waals surface area contributed by atoms with Gasteiger partial charge in [0.2, 0.25) is 0 Å². The summed E-state index contributed by atoms with van der Waals surface area (Å²) in [5.74, 6) is 0. The quantitative estimate of drug-likeness (QED) is 0.494. The second-order valence-electron chi connectivity index (χ2n) is 4.91. The molecule has 22 heavy (non-hydrogen) atoms. The van der Waals surface area contributed by atoms with E-state index in [1.54, 1.807) is 0 Å². The van der Waals surface area contributed by atoms with E-state index in [2.05, 4.69) is 53.2 Å². The molecular weight excluding hydrogens is 268 g/mol. The van der Waals surface area contributed by atoms with Crippen molar-refractivity contribution >= 4 is 17.5 Å². The maximum atomic E-state index is 4.25. The summed E-state index contributed by atoms with van der Waals surface area (Å²) in [6.07, 6.45) is 1.84. The molecule has 3 aromatic rings. The molecule has 0 aliphatic heterocycles. The van der Waals surface area contributed by atoms with Gasteiger partial charge >= 0.3 is 0 Å². The molecule has 0 unspecified atom stereocenters. The van der Waals surface area contributed by atoms with Gasteiger partial charge < -0.3 is 0 Å². The van der Waals surface area contributed by atoms with E-state index in [-0.39, 0.29) is 0 Å². The van der Waals surface area contributed by atoms with Crippen molar-refractivity contribution in [3.63, 3.8) is 0 Å². The third kappa shape index (κ3) is 3.36. The van der Waals surface area contributed by atoms with Gasteiger partial charge in [-0.2, -0.15) is 10.2 Å². The van der Waals surface area contributed by atoms with Crippen LogP contribution in [0.5, 0.6) is 0 Å². The number of azo groups is 1.